The second-order valence-electron chi connectivity index (χ2n) is 8.79. The second kappa shape index (κ2) is 12.3. The van der Waals surface area contributed by atoms with Crippen LogP contribution in [0, 0.1) is 0 Å². The Hall–Kier alpha value is -3.16. The van der Waals surface area contributed by atoms with Crippen LogP contribution in [0.3, 0.4) is 0 Å². The molecule has 1 amide bonds. The number of fused-ring (bicyclic) bond motifs is 1. The van der Waals surface area contributed by atoms with Crippen molar-refractivity contribution in [1.29, 1.82) is 0 Å². The summed E-state index contributed by atoms with van der Waals surface area (Å²) < 4.78 is 3.45. The summed E-state index contributed by atoms with van der Waals surface area (Å²) in [5.41, 5.74) is 1.09. The first-order valence-electron chi connectivity index (χ1n) is 12.6. The largest absolute Gasteiger partial charge is 0.349 e. The van der Waals surface area contributed by atoms with Gasteiger partial charge in [0.05, 0.1) is 6.04 Å². The fourth-order valence-electron chi connectivity index (χ4n) is 4.28. The van der Waals surface area contributed by atoms with Gasteiger partial charge in [0.1, 0.15) is 5.82 Å². The number of imidazole rings is 1. The lowest BCUT2D eigenvalue weighted by atomic mass is 10.0. The Morgan fingerprint density at radius 1 is 1.00 bits per heavy atom. The maximum atomic E-state index is 12.9. The number of unbranched alkanes of at least 4 members (excludes halogenated alkanes) is 2. The molecule has 0 aliphatic heterocycles. The van der Waals surface area contributed by atoms with Crippen LogP contribution in [-0.4, -0.2) is 25.0 Å². The maximum Gasteiger partial charge on any atom is 0.330 e. The Bertz CT molecular complexity index is 1190. The molecule has 0 radical (unpaired) electrons. The maximum absolute atomic E-state index is 12.9. The molecule has 3 rings (SSSR count). The number of nitrogens with one attached hydrogen (secondary N) is 2. The van der Waals surface area contributed by atoms with Crippen LogP contribution in [-0.2, 0) is 24.3 Å². The summed E-state index contributed by atoms with van der Waals surface area (Å²) in [6.45, 7) is 7.38. The van der Waals surface area contributed by atoms with Crippen molar-refractivity contribution < 1.29 is 4.79 Å². The Morgan fingerprint density at radius 3 is 2.32 bits per heavy atom. The first-order chi connectivity index (χ1) is 16.5. The molecule has 0 aliphatic rings. The van der Waals surface area contributed by atoms with E-state index in [9.17, 15) is 14.4 Å². The van der Waals surface area contributed by atoms with E-state index >= 15 is 0 Å². The minimum absolute atomic E-state index is 0.0281. The molecule has 3 aromatic rings. The normalized spacial score (nSPS) is 12.2. The van der Waals surface area contributed by atoms with Gasteiger partial charge in [-0.2, -0.15) is 0 Å². The average Bonchev–Trinajstić information content (AvgIpc) is 3.20. The molecule has 0 aliphatic carbocycles. The molecular weight excluding hydrogens is 430 g/mol. The van der Waals surface area contributed by atoms with Crippen molar-refractivity contribution in [2.24, 2.45) is 0 Å². The number of hydrogen-bond acceptors (Lipinski definition) is 4. The smallest absolute Gasteiger partial charge is 0.330 e. The van der Waals surface area contributed by atoms with E-state index in [1.165, 1.54) is 0 Å². The van der Waals surface area contributed by atoms with Gasteiger partial charge in [-0.05, 0) is 24.8 Å². The van der Waals surface area contributed by atoms with Gasteiger partial charge >= 0.3 is 5.69 Å². The molecule has 184 valence electrons. The first-order valence-corrected chi connectivity index (χ1v) is 12.6. The molecule has 0 spiro atoms. The van der Waals surface area contributed by atoms with E-state index in [1.54, 1.807) is 4.57 Å². The molecule has 0 saturated carbocycles. The lowest BCUT2D eigenvalue weighted by molar-refractivity contribution is -0.121. The van der Waals surface area contributed by atoms with Gasteiger partial charge < -0.3 is 9.88 Å². The van der Waals surface area contributed by atoms with E-state index in [1.807, 2.05) is 34.9 Å². The van der Waals surface area contributed by atoms with E-state index in [4.69, 9.17) is 4.98 Å². The number of hydrogen-bond donors (Lipinski definition) is 2. The van der Waals surface area contributed by atoms with Crippen molar-refractivity contribution in [2.45, 2.75) is 91.3 Å². The van der Waals surface area contributed by atoms with Gasteiger partial charge in [-0.3, -0.25) is 19.1 Å². The van der Waals surface area contributed by atoms with Gasteiger partial charge in [-0.25, -0.2) is 9.78 Å². The number of amides is 1. The van der Waals surface area contributed by atoms with Crippen molar-refractivity contribution in [2.75, 3.05) is 0 Å². The van der Waals surface area contributed by atoms with Gasteiger partial charge in [0.15, 0.2) is 11.2 Å². The molecule has 2 N–H and O–H groups in total. The van der Waals surface area contributed by atoms with Crippen LogP contribution in [0.2, 0.25) is 0 Å². The number of H-pyrrole nitrogens is 1. The van der Waals surface area contributed by atoms with Crippen LogP contribution >= 0.6 is 0 Å². The third kappa shape index (κ3) is 6.04. The predicted molar refractivity (Wildman–Crippen MR) is 135 cm³/mol. The van der Waals surface area contributed by atoms with Crippen LogP contribution in [0.25, 0.3) is 11.2 Å². The summed E-state index contributed by atoms with van der Waals surface area (Å²) in [7, 11) is 0. The van der Waals surface area contributed by atoms with Gasteiger partial charge in [-0.1, -0.05) is 70.4 Å². The number of carbonyl (C=O) groups excluding carboxylic acids is 1. The number of nitrogens with zero attached hydrogens (tertiary/aromatic N) is 3. The summed E-state index contributed by atoms with van der Waals surface area (Å²) in [6.07, 6.45) is 6.08. The molecule has 0 bridgehead atoms. The molecular formula is C26H37N5O3. The van der Waals surface area contributed by atoms with Gasteiger partial charge in [-0.15, -0.1) is 0 Å². The highest BCUT2D eigenvalue weighted by Crippen LogP contribution is 2.19. The molecule has 1 aromatic carbocycles. The summed E-state index contributed by atoms with van der Waals surface area (Å²) >= 11 is 0. The minimum Gasteiger partial charge on any atom is -0.349 e. The third-order valence-electron chi connectivity index (χ3n) is 6.13. The molecule has 0 fully saturated rings. The van der Waals surface area contributed by atoms with E-state index in [0.717, 1.165) is 44.1 Å². The minimum atomic E-state index is -0.430. The predicted octanol–water partition coefficient (Wildman–Crippen LogP) is 4.08. The van der Waals surface area contributed by atoms with E-state index in [0.29, 0.717) is 36.5 Å². The van der Waals surface area contributed by atoms with E-state index in [-0.39, 0.29) is 18.4 Å². The summed E-state index contributed by atoms with van der Waals surface area (Å²) in [5, 5.41) is 3.16. The second-order valence-corrected chi connectivity index (χ2v) is 8.79. The van der Waals surface area contributed by atoms with Crippen molar-refractivity contribution in [3.05, 3.63) is 62.6 Å². The highest BCUT2D eigenvalue weighted by molar-refractivity contribution is 5.77. The Labute approximate surface area is 200 Å². The SMILES string of the molecule is CCCCn1c(CCC(=O)N[C@H](CCC)c2ccccc2)nc2c1c(=O)[nH]c(=O)n2CCCC. The zero-order chi connectivity index (χ0) is 24.5. The lowest BCUT2D eigenvalue weighted by Crippen LogP contribution is -2.31. The number of aromatic amines is 1. The zero-order valence-corrected chi connectivity index (χ0v) is 20.6. The Morgan fingerprint density at radius 2 is 1.68 bits per heavy atom. The number of benzene rings is 1. The topological polar surface area (TPSA) is 102 Å². The van der Waals surface area contributed by atoms with Crippen molar-refractivity contribution >= 4 is 17.1 Å². The summed E-state index contributed by atoms with van der Waals surface area (Å²) in [5.74, 6) is 0.625. The van der Waals surface area contributed by atoms with Gasteiger partial charge in [0.25, 0.3) is 5.56 Å². The summed E-state index contributed by atoms with van der Waals surface area (Å²) in [6, 6.07) is 9.97. The van der Waals surface area contributed by atoms with Crippen LogP contribution in [0.15, 0.2) is 39.9 Å². The zero-order valence-electron chi connectivity index (χ0n) is 20.6. The lowest BCUT2D eigenvalue weighted by Gasteiger charge is -2.18. The van der Waals surface area contributed by atoms with Crippen molar-refractivity contribution in [1.82, 2.24) is 24.4 Å². The van der Waals surface area contributed by atoms with Crippen molar-refractivity contribution in [3.63, 3.8) is 0 Å². The van der Waals surface area contributed by atoms with E-state index in [2.05, 4.69) is 31.1 Å². The quantitative estimate of drug-likeness (QED) is 0.395. The fraction of sp³-hybridized carbons (Fsp3) is 0.538. The van der Waals surface area contributed by atoms with Gasteiger partial charge in [0.2, 0.25) is 5.91 Å². The summed E-state index contributed by atoms with van der Waals surface area (Å²) in [4.78, 5) is 45.2. The fourth-order valence-corrected chi connectivity index (χ4v) is 4.28. The molecule has 34 heavy (non-hydrogen) atoms. The highest BCUT2D eigenvalue weighted by atomic mass is 16.2. The molecule has 0 unspecified atom stereocenters. The monoisotopic (exact) mass is 467 g/mol. The number of rotatable bonds is 13. The highest BCUT2D eigenvalue weighted by Gasteiger charge is 2.20. The molecule has 2 heterocycles. The number of aryl methyl sites for hydroxylation is 3. The molecule has 2 aromatic heterocycles. The number of carbonyl (C=O) groups is 1. The van der Waals surface area contributed by atoms with Crippen LogP contribution in [0.4, 0.5) is 0 Å². The first kappa shape index (κ1) is 25.5. The van der Waals surface area contributed by atoms with Crippen LogP contribution < -0.4 is 16.6 Å². The molecule has 8 nitrogen and oxygen atoms in total. The molecule has 8 heteroatoms. The van der Waals surface area contributed by atoms with Gasteiger partial charge in [0, 0.05) is 25.9 Å². The Kier molecular flexibility index (Phi) is 9.24. The van der Waals surface area contributed by atoms with Crippen LogP contribution in [0.5, 0.6) is 0 Å². The van der Waals surface area contributed by atoms with Crippen LogP contribution in [0.1, 0.15) is 83.1 Å². The third-order valence-corrected chi connectivity index (χ3v) is 6.13. The average molecular weight is 468 g/mol. The number of aromatic nitrogens is 4. The Balaban J connectivity index is 1.86. The van der Waals surface area contributed by atoms with Crippen molar-refractivity contribution in [3.8, 4) is 0 Å². The standard InChI is InChI=1S/C26H37N5O3/c1-4-7-17-30-21(28-24-23(30)25(33)29-26(34)31(24)18-8-5-2)15-16-22(32)27-20(12-6-3)19-13-10-9-11-14-19/h9-11,13-14,20H,4-8,12,15-18H2,1-3H3,(H,27,32)(H,29,33,34)/t20-/m1/s1. The molecule has 0 saturated heterocycles. The molecule has 1 atom stereocenters. The van der Waals surface area contributed by atoms with E-state index < -0.39 is 11.2 Å².